The van der Waals surface area contributed by atoms with Crippen LogP contribution in [-0.4, -0.2) is 9.52 Å². The molecule has 0 amide bonds. The summed E-state index contributed by atoms with van der Waals surface area (Å²) in [5.41, 5.74) is 6.36. The molecule has 1 aliphatic rings. The standard InChI is InChI=1S/C20H30Si/c1-6-7-8-11-18-12-9-10-13-19(18)21-20-16(4)14(2)15(3)17(20)5/h9-10,12-13,16H,6-8,11,21H2,1-5H3. The topological polar surface area (TPSA) is 0 Å². The normalized spacial score (nSPS) is 19.4. The van der Waals surface area contributed by atoms with Crippen molar-refractivity contribution in [1.82, 2.24) is 0 Å². The van der Waals surface area contributed by atoms with Crippen LogP contribution in [0.4, 0.5) is 0 Å². The fourth-order valence-corrected chi connectivity index (χ4v) is 5.81. The Kier molecular flexibility index (Phi) is 5.63. The first-order chi connectivity index (χ1) is 10.1. The lowest BCUT2D eigenvalue weighted by Crippen LogP contribution is -2.24. The van der Waals surface area contributed by atoms with Crippen molar-refractivity contribution in [3.63, 3.8) is 0 Å². The van der Waals surface area contributed by atoms with Gasteiger partial charge in [0.05, 0.1) is 9.52 Å². The van der Waals surface area contributed by atoms with Crippen molar-refractivity contribution in [1.29, 1.82) is 0 Å². The van der Waals surface area contributed by atoms with Gasteiger partial charge in [-0.2, -0.15) is 0 Å². The van der Waals surface area contributed by atoms with Crippen LogP contribution in [0.2, 0.25) is 0 Å². The summed E-state index contributed by atoms with van der Waals surface area (Å²) in [6, 6.07) is 9.20. The molecule has 1 heteroatoms. The minimum absolute atomic E-state index is 0.319. The van der Waals surface area contributed by atoms with Crippen LogP contribution in [0, 0.1) is 5.92 Å². The molecule has 1 unspecified atom stereocenters. The molecule has 0 saturated heterocycles. The van der Waals surface area contributed by atoms with Crippen LogP contribution in [0.1, 0.15) is 59.4 Å². The molecule has 1 aromatic carbocycles. The van der Waals surface area contributed by atoms with E-state index in [1.807, 2.05) is 0 Å². The molecule has 0 N–H and O–H groups in total. The zero-order valence-corrected chi connectivity index (χ0v) is 15.8. The minimum atomic E-state index is -0.319. The highest BCUT2D eigenvalue weighted by Crippen LogP contribution is 2.35. The van der Waals surface area contributed by atoms with Crippen molar-refractivity contribution >= 4 is 14.7 Å². The Bertz CT molecular complexity index is 563. The van der Waals surface area contributed by atoms with E-state index in [-0.39, 0.29) is 9.52 Å². The molecule has 0 heterocycles. The van der Waals surface area contributed by atoms with E-state index in [2.05, 4.69) is 58.9 Å². The molecule has 0 nitrogen and oxygen atoms in total. The van der Waals surface area contributed by atoms with E-state index < -0.39 is 0 Å². The predicted octanol–water partition coefficient (Wildman–Crippen LogP) is 4.47. The SMILES string of the molecule is CCCCCc1ccccc1[SiH2]C1=C(C)C(C)=C(C)C1C. The monoisotopic (exact) mass is 298 g/mol. The van der Waals surface area contributed by atoms with E-state index in [0.29, 0.717) is 5.92 Å². The number of aryl methyl sites for hydroxylation is 1. The number of rotatable bonds is 6. The van der Waals surface area contributed by atoms with E-state index >= 15 is 0 Å². The number of benzene rings is 1. The van der Waals surface area contributed by atoms with E-state index in [0.717, 1.165) is 0 Å². The second-order valence-electron chi connectivity index (χ2n) is 6.58. The third-order valence-corrected chi connectivity index (χ3v) is 7.95. The molecule has 1 atom stereocenters. The van der Waals surface area contributed by atoms with Gasteiger partial charge in [0.2, 0.25) is 0 Å². The second kappa shape index (κ2) is 7.26. The van der Waals surface area contributed by atoms with Gasteiger partial charge in [-0.3, -0.25) is 0 Å². The summed E-state index contributed by atoms with van der Waals surface area (Å²) in [6.07, 6.45) is 5.27. The van der Waals surface area contributed by atoms with Gasteiger partial charge in [-0.1, -0.05) is 72.5 Å². The first kappa shape index (κ1) is 16.3. The average Bonchev–Trinajstić information content (AvgIpc) is 2.67. The van der Waals surface area contributed by atoms with Gasteiger partial charge in [-0.15, -0.1) is 0 Å². The van der Waals surface area contributed by atoms with Gasteiger partial charge in [-0.05, 0) is 50.7 Å². The van der Waals surface area contributed by atoms with Gasteiger partial charge in [-0.25, -0.2) is 0 Å². The minimum Gasteiger partial charge on any atom is -0.0728 e. The third-order valence-electron chi connectivity index (χ3n) is 5.36. The average molecular weight is 299 g/mol. The predicted molar refractivity (Wildman–Crippen MR) is 98.1 cm³/mol. The van der Waals surface area contributed by atoms with E-state index in [1.54, 1.807) is 32.7 Å². The second-order valence-corrected chi connectivity index (χ2v) is 8.46. The summed E-state index contributed by atoms with van der Waals surface area (Å²) in [5.74, 6) is 0.681. The van der Waals surface area contributed by atoms with Crippen LogP contribution < -0.4 is 5.19 Å². The zero-order chi connectivity index (χ0) is 15.4. The van der Waals surface area contributed by atoms with Crippen LogP contribution in [-0.2, 0) is 6.42 Å². The molecule has 21 heavy (non-hydrogen) atoms. The summed E-state index contributed by atoms with van der Waals surface area (Å²) in [5, 5.41) is 3.45. The van der Waals surface area contributed by atoms with Crippen molar-refractivity contribution in [2.45, 2.75) is 60.3 Å². The molecule has 114 valence electrons. The van der Waals surface area contributed by atoms with Gasteiger partial charge >= 0.3 is 0 Å². The molecule has 0 spiro atoms. The maximum absolute atomic E-state index is 2.40. The van der Waals surface area contributed by atoms with Crippen LogP contribution in [0.3, 0.4) is 0 Å². The molecule has 0 aromatic heterocycles. The first-order valence-corrected chi connectivity index (χ1v) is 9.91. The lowest BCUT2D eigenvalue weighted by molar-refractivity contribution is 0.719. The summed E-state index contributed by atoms with van der Waals surface area (Å²) in [7, 11) is -0.319. The van der Waals surface area contributed by atoms with Gasteiger partial charge in [0.15, 0.2) is 0 Å². The van der Waals surface area contributed by atoms with E-state index in [4.69, 9.17) is 0 Å². The number of unbranched alkanes of at least 4 members (excludes halogenated alkanes) is 2. The Labute approximate surface area is 133 Å². The van der Waals surface area contributed by atoms with Crippen molar-refractivity contribution in [2.24, 2.45) is 5.92 Å². The Morgan fingerprint density at radius 3 is 2.33 bits per heavy atom. The molecule has 2 rings (SSSR count). The molecule has 0 radical (unpaired) electrons. The van der Waals surface area contributed by atoms with Gasteiger partial charge in [0.25, 0.3) is 0 Å². The largest absolute Gasteiger partial charge is 0.0839 e. The fourth-order valence-electron chi connectivity index (χ4n) is 3.48. The third kappa shape index (κ3) is 3.57. The Balaban J connectivity index is 2.17. The molecule has 0 saturated carbocycles. The van der Waals surface area contributed by atoms with Crippen molar-refractivity contribution < 1.29 is 0 Å². The number of allylic oxidation sites excluding steroid dienone is 4. The molecule has 1 aromatic rings. The van der Waals surface area contributed by atoms with Gasteiger partial charge in [0.1, 0.15) is 0 Å². The maximum Gasteiger partial charge on any atom is 0.0839 e. The Hall–Kier alpha value is -1.08. The lowest BCUT2D eigenvalue weighted by atomic mass is 10.1. The number of hydrogen-bond acceptors (Lipinski definition) is 0. The summed E-state index contributed by atoms with van der Waals surface area (Å²) < 4.78 is 0. The van der Waals surface area contributed by atoms with Gasteiger partial charge < -0.3 is 0 Å². The fraction of sp³-hybridized carbons (Fsp3) is 0.500. The summed E-state index contributed by atoms with van der Waals surface area (Å²) >= 11 is 0. The highest BCUT2D eigenvalue weighted by molar-refractivity contribution is 6.62. The van der Waals surface area contributed by atoms with Gasteiger partial charge in [0, 0.05) is 0 Å². The first-order valence-electron chi connectivity index (χ1n) is 8.50. The van der Waals surface area contributed by atoms with Crippen LogP contribution in [0.5, 0.6) is 0 Å². The highest BCUT2D eigenvalue weighted by atomic mass is 28.2. The Morgan fingerprint density at radius 1 is 1.00 bits per heavy atom. The highest BCUT2D eigenvalue weighted by Gasteiger charge is 2.24. The lowest BCUT2D eigenvalue weighted by Gasteiger charge is -2.15. The summed E-state index contributed by atoms with van der Waals surface area (Å²) in [4.78, 5) is 0. The van der Waals surface area contributed by atoms with E-state index in [9.17, 15) is 0 Å². The van der Waals surface area contributed by atoms with E-state index in [1.165, 1.54) is 25.7 Å². The molecule has 0 fully saturated rings. The number of hydrogen-bond donors (Lipinski definition) is 0. The zero-order valence-electron chi connectivity index (χ0n) is 14.4. The quantitative estimate of drug-likeness (QED) is 0.537. The molecule has 0 bridgehead atoms. The van der Waals surface area contributed by atoms with Crippen LogP contribution in [0.15, 0.2) is 46.2 Å². The molecular weight excluding hydrogens is 268 g/mol. The smallest absolute Gasteiger partial charge is 0.0728 e. The Morgan fingerprint density at radius 2 is 1.71 bits per heavy atom. The summed E-state index contributed by atoms with van der Waals surface area (Å²) in [6.45, 7) is 11.6. The van der Waals surface area contributed by atoms with Crippen LogP contribution in [0.25, 0.3) is 0 Å². The van der Waals surface area contributed by atoms with Crippen molar-refractivity contribution in [2.75, 3.05) is 0 Å². The maximum atomic E-state index is 2.40. The molecule has 0 aliphatic heterocycles. The van der Waals surface area contributed by atoms with Crippen molar-refractivity contribution in [3.8, 4) is 0 Å². The molecular formula is C20H30Si. The van der Waals surface area contributed by atoms with Crippen molar-refractivity contribution in [3.05, 3.63) is 51.7 Å². The molecule has 1 aliphatic carbocycles. The van der Waals surface area contributed by atoms with Crippen LogP contribution >= 0.6 is 0 Å².